The van der Waals surface area contributed by atoms with Crippen molar-refractivity contribution in [3.05, 3.63) is 35.4 Å². The molecule has 1 N–H and O–H groups in total. The van der Waals surface area contributed by atoms with Gasteiger partial charge >= 0.3 is 0 Å². The van der Waals surface area contributed by atoms with Gasteiger partial charge in [0.25, 0.3) is 0 Å². The second-order valence-electron chi connectivity index (χ2n) is 6.02. The Kier molecular flexibility index (Phi) is 4.08. The summed E-state index contributed by atoms with van der Waals surface area (Å²) in [6, 6.07) is 8.87. The van der Waals surface area contributed by atoms with Gasteiger partial charge in [0.2, 0.25) is 0 Å². The average molecular weight is 247 g/mol. The summed E-state index contributed by atoms with van der Waals surface area (Å²) in [5.41, 5.74) is 2.67. The molecular weight excluding hydrogens is 222 g/mol. The van der Waals surface area contributed by atoms with Crippen molar-refractivity contribution in [2.45, 2.75) is 38.0 Å². The van der Waals surface area contributed by atoms with Crippen molar-refractivity contribution >= 4 is 0 Å². The van der Waals surface area contributed by atoms with Gasteiger partial charge in [0.05, 0.1) is 6.61 Å². The lowest BCUT2D eigenvalue weighted by Crippen LogP contribution is -2.43. The van der Waals surface area contributed by atoms with Gasteiger partial charge in [0.15, 0.2) is 0 Å². The molecule has 0 spiro atoms. The third kappa shape index (κ3) is 2.60. The molecule has 0 bridgehead atoms. The van der Waals surface area contributed by atoms with Gasteiger partial charge in [-0.05, 0) is 50.0 Å². The Bertz CT molecular complexity index is 375. The van der Waals surface area contributed by atoms with Crippen molar-refractivity contribution in [1.82, 2.24) is 4.90 Å². The maximum atomic E-state index is 9.84. The fourth-order valence-corrected chi connectivity index (χ4v) is 2.81. The third-order valence-electron chi connectivity index (χ3n) is 4.44. The third-order valence-corrected chi connectivity index (χ3v) is 4.44. The second kappa shape index (κ2) is 5.41. The van der Waals surface area contributed by atoms with Gasteiger partial charge in [-0.15, -0.1) is 0 Å². The Labute approximate surface area is 111 Å². The van der Waals surface area contributed by atoms with Crippen molar-refractivity contribution in [1.29, 1.82) is 0 Å². The van der Waals surface area contributed by atoms with Gasteiger partial charge in [0.1, 0.15) is 0 Å². The minimum Gasteiger partial charge on any atom is -0.395 e. The predicted molar refractivity (Wildman–Crippen MR) is 76.0 cm³/mol. The predicted octanol–water partition coefficient (Wildman–Crippen LogP) is 2.77. The van der Waals surface area contributed by atoms with E-state index in [9.17, 15) is 5.11 Å². The minimum absolute atomic E-state index is 0.0119. The molecule has 1 aromatic rings. The number of hydrogen-bond acceptors (Lipinski definition) is 2. The van der Waals surface area contributed by atoms with E-state index in [0.29, 0.717) is 5.92 Å². The number of aliphatic hydroxyl groups excluding tert-OH is 1. The van der Waals surface area contributed by atoms with E-state index in [0.717, 1.165) is 25.9 Å². The number of benzene rings is 1. The Morgan fingerprint density at radius 1 is 1.17 bits per heavy atom. The van der Waals surface area contributed by atoms with Crippen LogP contribution < -0.4 is 0 Å². The fourth-order valence-electron chi connectivity index (χ4n) is 2.81. The van der Waals surface area contributed by atoms with E-state index in [2.05, 4.69) is 50.1 Å². The first-order valence-corrected chi connectivity index (χ1v) is 6.97. The maximum absolute atomic E-state index is 9.84. The molecule has 1 aliphatic heterocycles. The molecule has 1 heterocycles. The van der Waals surface area contributed by atoms with Crippen LogP contribution >= 0.6 is 0 Å². The zero-order valence-electron chi connectivity index (χ0n) is 11.8. The molecule has 0 atom stereocenters. The molecule has 2 heteroatoms. The Morgan fingerprint density at radius 2 is 1.72 bits per heavy atom. The van der Waals surface area contributed by atoms with E-state index in [-0.39, 0.29) is 12.0 Å². The van der Waals surface area contributed by atoms with E-state index >= 15 is 0 Å². The molecule has 0 radical (unpaired) electrons. The molecule has 0 saturated carbocycles. The highest BCUT2D eigenvalue weighted by atomic mass is 16.3. The van der Waals surface area contributed by atoms with Crippen LogP contribution in [0.5, 0.6) is 0 Å². The summed E-state index contributed by atoms with van der Waals surface area (Å²) in [6.45, 7) is 6.85. The first kappa shape index (κ1) is 13.6. The van der Waals surface area contributed by atoms with E-state index in [4.69, 9.17) is 0 Å². The van der Waals surface area contributed by atoms with Crippen LogP contribution in [0, 0.1) is 0 Å². The summed E-state index contributed by atoms with van der Waals surface area (Å²) in [5.74, 6) is 0.571. The van der Waals surface area contributed by atoms with E-state index < -0.39 is 0 Å². The monoisotopic (exact) mass is 247 g/mol. The van der Waals surface area contributed by atoms with Crippen molar-refractivity contribution in [3.8, 4) is 0 Å². The quantitative estimate of drug-likeness (QED) is 0.888. The van der Waals surface area contributed by atoms with E-state index in [1.807, 2.05) is 0 Å². The van der Waals surface area contributed by atoms with Gasteiger partial charge in [0, 0.05) is 5.41 Å². The van der Waals surface area contributed by atoms with Crippen LogP contribution in [-0.2, 0) is 5.41 Å². The lowest BCUT2D eigenvalue weighted by atomic mass is 9.73. The van der Waals surface area contributed by atoms with Gasteiger partial charge < -0.3 is 10.0 Å². The van der Waals surface area contributed by atoms with Crippen LogP contribution in [-0.4, -0.2) is 36.8 Å². The summed E-state index contributed by atoms with van der Waals surface area (Å²) in [7, 11) is 2.16. The van der Waals surface area contributed by atoms with Crippen LogP contribution in [0.3, 0.4) is 0 Å². The van der Waals surface area contributed by atoms with Crippen molar-refractivity contribution in [2.24, 2.45) is 0 Å². The van der Waals surface area contributed by atoms with Crippen molar-refractivity contribution in [2.75, 3.05) is 26.7 Å². The number of hydrogen-bond donors (Lipinski definition) is 1. The van der Waals surface area contributed by atoms with Crippen molar-refractivity contribution < 1.29 is 5.11 Å². The summed E-state index contributed by atoms with van der Waals surface area (Å²) in [4.78, 5) is 2.34. The van der Waals surface area contributed by atoms with Gasteiger partial charge in [-0.25, -0.2) is 0 Å². The molecule has 1 saturated heterocycles. The SMILES string of the molecule is CC(C)c1ccc(C2(CO)CCN(C)CC2)cc1. The minimum atomic E-state index is -0.0119. The lowest BCUT2D eigenvalue weighted by molar-refractivity contribution is 0.114. The normalized spacial score (nSPS) is 20.3. The molecule has 1 fully saturated rings. The van der Waals surface area contributed by atoms with Crippen LogP contribution in [0.2, 0.25) is 0 Å². The first-order valence-electron chi connectivity index (χ1n) is 6.97. The topological polar surface area (TPSA) is 23.5 Å². The van der Waals surface area contributed by atoms with E-state index in [1.54, 1.807) is 0 Å². The molecule has 1 aliphatic rings. The summed E-state index contributed by atoms with van der Waals surface area (Å²) < 4.78 is 0. The Morgan fingerprint density at radius 3 is 2.17 bits per heavy atom. The van der Waals surface area contributed by atoms with Crippen LogP contribution in [0.25, 0.3) is 0 Å². The fraction of sp³-hybridized carbons (Fsp3) is 0.625. The number of nitrogens with zero attached hydrogens (tertiary/aromatic N) is 1. The summed E-state index contributed by atoms with van der Waals surface area (Å²) in [6.07, 6.45) is 2.11. The zero-order chi connectivity index (χ0) is 13.2. The molecule has 18 heavy (non-hydrogen) atoms. The molecular formula is C16H25NO. The summed E-state index contributed by atoms with van der Waals surface area (Å²) >= 11 is 0. The smallest absolute Gasteiger partial charge is 0.0528 e. The highest BCUT2D eigenvalue weighted by Crippen LogP contribution is 2.35. The van der Waals surface area contributed by atoms with Crippen LogP contribution in [0.15, 0.2) is 24.3 Å². The standard InChI is InChI=1S/C16H25NO/c1-13(2)14-4-6-15(7-5-14)16(12-18)8-10-17(3)11-9-16/h4-7,13,18H,8-12H2,1-3H3. The van der Waals surface area contributed by atoms with Gasteiger partial charge in [-0.2, -0.15) is 0 Å². The molecule has 0 unspecified atom stereocenters. The highest BCUT2D eigenvalue weighted by Gasteiger charge is 2.34. The first-order chi connectivity index (χ1) is 8.57. The van der Waals surface area contributed by atoms with Crippen LogP contribution in [0.1, 0.15) is 43.7 Å². The van der Waals surface area contributed by atoms with Gasteiger partial charge in [-0.1, -0.05) is 38.1 Å². The second-order valence-corrected chi connectivity index (χ2v) is 6.02. The Balaban J connectivity index is 2.22. The molecule has 2 nitrogen and oxygen atoms in total. The summed E-state index contributed by atoms with van der Waals surface area (Å²) in [5, 5.41) is 9.84. The maximum Gasteiger partial charge on any atom is 0.0528 e. The number of piperidine rings is 1. The molecule has 0 aliphatic carbocycles. The van der Waals surface area contributed by atoms with Gasteiger partial charge in [-0.3, -0.25) is 0 Å². The van der Waals surface area contributed by atoms with Crippen molar-refractivity contribution in [3.63, 3.8) is 0 Å². The molecule has 100 valence electrons. The highest BCUT2D eigenvalue weighted by molar-refractivity contribution is 5.31. The molecule has 1 aromatic carbocycles. The number of likely N-dealkylation sites (tertiary alicyclic amines) is 1. The average Bonchev–Trinajstić information content (AvgIpc) is 2.40. The van der Waals surface area contributed by atoms with E-state index in [1.165, 1.54) is 11.1 Å². The lowest BCUT2D eigenvalue weighted by Gasteiger charge is -2.40. The Hall–Kier alpha value is -0.860. The number of rotatable bonds is 3. The molecule has 0 aromatic heterocycles. The number of aliphatic hydroxyl groups is 1. The zero-order valence-corrected chi connectivity index (χ0v) is 11.8. The molecule has 0 amide bonds. The van der Waals surface area contributed by atoms with Crippen LogP contribution in [0.4, 0.5) is 0 Å². The molecule has 2 rings (SSSR count). The largest absolute Gasteiger partial charge is 0.395 e.